The smallest absolute Gasteiger partial charge is 0.260 e. The van der Waals surface area contributed by atoms with Gasteiger partial charge in [-0.05, 0) is 30.9 Å². The topological polar surface area (TPSA) is 25.2 Å². The lowest BCUT2D eigenvalue weighted by Crippen LogP contribution is -2.08. The van der Waals surface area contributed by atoms with Crippen LogP contribution in [-0.4, -0.2) is 11.2 Å². The molecule has 5 heteroatoms. The van der Waals surface area contributed by atoms with E-state index in [1.165, 1.54) is 19.3 Å². The Bertz CT molecular complexity index is 686. The number of alkyl halides is 3. The molecule has 1 saturated carbocycles. The summed E-state index contributed by atoms with van der Waals surface area (Å²) in [5, 5.41) is 0.655. The number of pyridine rings is 1. The molecule has 1 aliphatic rings. The first-order valence-electron chi connectivity index (χ1n) is 7.55. The van der Waals surface area contributed by atoms with Crippen molar-refractivity contribution in [2.75, 3.05) is 0 Å². The summed E-state index contributed by atoms with van der Waals surface area (Å²) in [6.45, 7) is 0. The Labute approximate surface area is 127 Å². The Morgan fingerprint density at radius 2 is 1.82 bits per heavy atom. The van der Waals surface area contributed by atoms with Crippen molar-refractivity contribution < 1.29 is 13.2 Å². The van der Waals surface area contributed by atoms with E-state index in [4.69, 9.17) is 0 Å². The summed E-state index contributed by atoms with van der Waals surface area (Å²) >= 11 is 0. The van der Waals surface area contributed by atoms with Crippen molar-refractivity contribution in [3.8, 4) is 0 Å². The quantitative estimate of drug-likeness (QED) is 0.669. The Morgan fingerprint density at radius 3 is 2.55 bits per heavy atom. The first-order valence-corrected chi connectivity index (χ1v) is 7.55. The minimum absolute atomic E-state index is 0.327. The minimum Gasteiger partial charge on any atom is -0.260 e. The van der Waals surface area contributed by atoms with Gasteiger partial charge in [-0.3, -0.25) is 4.99 Å². The molecule has 2 nitrogen and oxygen atoms in total. The van der Waals surface area contributed by atoms with Crippen molar-refractivity contribution in [2.45, 2.75) is 38.3 Å². The molecule has 0 saturated heterocycles. The first kappa shape index (κ1) is 15.0. The van der Waals surface area contributed by atoms with Crippen LogP contribution in [0.3, 0.4) is 0 Å². The lowest BCUT2D eigenvalue weighted by molar-refractivity contribution is -0.140. The number of halogens is 3. The molecule has 1 heterocycles. The molecule has 1 aromatic carbocycles. The Kier molecular flexibility index (Phi) is 4.14. The van der Waals surface area contributed by atoms with E-state index in [9.17, 15) is 13.2 Å². The van der Waals surface area contributed by atoms with Gasteiger partial charge in [-0.25, -0.2) is 4.98 Å². The molecule has 1 fully saturated rings. The van der Waals surface area contributed by atoms with Gasteiger partial charge in [-0.2, -0.15) is 13.2 Å². The second kappa shape index (κ2) is 6.07. The molecule has 116 valence electrons. The van der Waals surface area contributed by atoms with E-state index in [1.807, 2.05) is 6.21 Å². The van der Waals surface area contributed by atoms with Gasteiger partial charge in [0, 0.05) is 11.6 Å². The number of hydrogen-bond donors (Lipinski definition) is 0. The normalized spacial score (nSPS) is 17.4. The van der Waals surface area contributed by atoms with Crippen LogP contribution in [0, 0.1) is 5.92 Å². The van der Waals surface area contributed by atoms with Gasteiger partial charge in [-0.1, -0.05) is 37.5 Å². The summed E-state index contributed by atoms with van der Waals surface area (Å²) in [6.07, 6.45) is 3.07. The van der Waals surface area contributed by atoms with E-state index in [0.29, 0.717) is 22.5 Å². The first-order chi connectivity index (χ1) is 10.5. The van der Waals surface area contributed by atoms with Crippen LogP contribution >= 0.6 is 0 Å². The number of para-hydroxylation sites is 1. The number of hydrogen-bond acceptors (Lipinski definition) is 2. The Hall–Kier alpha value is -1.91. The molecule has 0 radical (unpaired) electrons. The van der Waals surface area contributed by atoms with Crippen molar-refractivity contribution in [3.63, 3.8) is 0 Å². The standard InChI is InChI=1S/C17H17F3N2/c18-17(19,20)16-10-15(13-8-4-5-9-14(13)22-16)21-11-12-6-2-1-3-7-12/h4-5,8-12H,1-3,6-7H2. The van der Waals surface area contributed by atoms with Crippen LogP contribution in [0.25, 0.3) is 10.9 Å². The van der Waals surface area contributed by atoms with Crippen molar-refractivity contribution in [2.24, 2.45) is 10.9 Å². The van der Waals surface area contributed by atoms with Gasteiger partial charge in [-0.15, -0.1) is 0 Å². The highest BCUT2D eigenvalue weighted by molar-refractivity contribution is 5.91. The largest absolute Gasteiger partial charge is 0.433 e. The molecule has 3 rings (SSSR count). The number of nitrogens with zero attached hydrogens (tertiary/aromatic N) is 2. The van der Waals surface area contributed by atoms with E-state index >= 15 is 0 Å². The van der Waals surface area contributed by atoms with Gasteiger partial charge in [0.15, 0.2) is 0 Å². The molecule has 0 spiro atoms. The van der Waals surface area contributed by atoms with E-state index < -0.39 is 11.9 Å². The zero-order chi connectivity index (χ0) is 15.6. The van der Waals surface area contributed by atoms with Crippen LogP contribution in [0.1, 0.15) is 37.8 Å². The molecular formula is C17H17F3N2. The third-order valence-electron chi connectivity index (χ3n) is 4.06. The summed E-state index contributed by atoms with van der Waals surface area (Å²) < 4.78 is 38.9. The summed E-state index contributed by atoms with van der Waals surface area (Å²) in [6, 6.07) is 7.86. The Morgan fingerprint density at radius 1 is 1.09 bits per heavy atom. The maximum Gasteiger partial charge on any atom is 0.433 e. The zero-order valence-corrected chi connectivity index (χ0v) is 12.1. The molecule has 0 N–H and O–H groups in total. The molecule has 1 aliphatic carbocycles. The fourth-order valence-corrected chi connectivity index (χ4v) is 2.88. The third kappa shape index (κ3) is 3.29. The fraction of sp³-hybridized carbons (Fsp3) is 0.412. The molecule has 0 atom stereocenters. The summed E-state index contributed by atoms with van der Waals surface area (Å²) in [4.78, 5) is 8.07. The van der Waals surface area contributed by atoms with E-state index in [2.05, 4.69) is 9.98 Å². The van der Waals surface area contributed by atoms with Crippen LogP contribution < -0.4 is 0 Å². The fourth-order valence-electron chi connectivity index (χ4n) is 2.88. The highest BCUT2D eigenvalue weighted by Crippen LogP contribution is 2.34. The molecular weight excluding hydrogens is 289 g/mol. The number of fused-ring (bicyclic) bond motifs is 1. The Balaban J connectivity index is 2.00. The highest BCUT2D eigenvalue weighted by Gasteiger charge is 2.33. The second-order valence-corrected chi connectivity index (χ2v) is 5.72. The van der Waals surface area contributed by atoms with E-state index in [-0.39, 0.29) is 0 Å². The predicted molar refractivity (Wildman–Crippen MR) is 81.5 cm³/mol. The third-order valence-corrected chi connectivity index (χ3v) is 4.06. The van der Waals surface area contributed by atoms with Crippen molar-refractivity contribution >= 4 is 22.8 Å². The molecule has 2 aromatic rings. The zero-order valence-electron chi connectivity index (χ0n) is 12.1. The second-order valence-electron chi connectivity index (χ2n) is 5.72. The predicted octanol–water partition coefficient (Wildman–Crippen LogP) is 5.54. The lowest BCUT2D eigenvalue weighted by Gasteiger charge is -2.17. The summed E-state index contributed by atoms with van der Waals surface area (Å²) in [5.74, 6) is 0.370. The van der Waals surface area contributed by atoms with Gasteiger partial charge in [0.1, 0.15) is 5.69 Å². The number of aromatic nitrogens is 1. The lowest BCUT2D eigenvalue weighted by atomic mass is 9.90. The number of benzene rings is 1. The van der Waals surface area contributed by atoms with Gasteiger partial charge < -0.3 is 0 Å². The van der Waals surface area contributed by atoms with Crippen LogP contribution in [-0.2, 0) is 6.18 Å². The van der Waals surface area contributed by atoms with Crippen molar-refractivity contribution in [3.05, 3.63) is 36.0 Å². The van der Waals surface area contributed by atoms with Crippen LogP contribution in [0.5, 0.6) is 0 Å². The number of rotatable bonds is 2. The molecule has 22 heavy (non-hydrogen) atoms. The van der Waals surface area contributed by atoms with E-state index in [1.54, 1.807) is 24.3 Å². The van der Waals surface area contributed by atoms with Crippen LogP contribution in [0.4, 0.5) is 18.9 Å². The van der Waals surface area contributed by atoms with Crippen molar-refractivity contribution in [1.82, 2.24) is 4.98 Å². The average molecular weight is 306 g/mol. The highest BCUT2D eigenvalue weighted by atomic mass is 19.4. The average Bonchev–Trinajstić information content (AvgIpc) is 2.52. The summed E-state index contributed by atoms with van der Waals surface area (Å²) in [7, 11) is 0. The molecule has 0 unspecified atom stereocenters. The van der Waals surface area contributed by atoms with Gasteiger partial charge in [0.2, 0.25) is 0 Å². The van der Waals surface area contributed by atoms with Crippen LogP contribution in [0.15, 0.2) is 35.3 Å². The maximum atomic E-state index is 13.0. The molecule has 1 aromatic heterocycles. The summed E-state index contributed by atoms with van der Waals surface area (Å²) in [5.41, 5.74) is -0.210. The van der Waals surface area contributed by atoms with Gasteiger partial charge in [0.05, 0.1) is 11.2 Å². The molecule has 0 aliphatic heterocycles. The number of aliphatic imine (C=N–C) groups is 1. The van der Waals surface area contributed by atoms with Crippen molar-refractivity contribution in [1.29, 1.82) is 0 Å². The minimum atomic E-state index is -4.46. The van der Waals surface area contributed by atoms with Crippen LogP contribution in [0.2, 0.25) is 0 Å². The maximum absolute atomic E-state index is 13.0. The monoisotopic (exact) mass is 306 g/mol. The van der Waals surface area contributed by atoms with E-state index in [0.717, 1.165) is 18.9 Å². The van der Waals surface area contributed by atoms with Gasteiger partial charge in [0.25, 0.3) is 0 Å². The SMILES string of the molecule is FC(F)(F)c1cc(N=CC2CCCCC2)c2ccccc2n1. The molecule has 0 bridgehead atoms. The van der Waals surface area contributed by atoms with Gasteiger partial charge >= 0.3 is 6.18 Å². The molecule has 0 amide bonds.